The number of furan rings is 1. The zero-order valence-electron chi connectivity index (χ0n) is 17.8. The van der Waals surface area contributed by atoms with Crippen LogP contribution in [0.25, 0.3) is 17.4 Å². The molecule has 2 aromatic carbocycles. The fourth-order valence-corrected chi connectivity index (χ4v) is 2.96. The van der Waals surface area contributed by atoms with Gasteiger partial charge in [-0.05, 0) is 24.3 Å². The fourth-order valence-electron chi connectivity index (χ4n) is 2.96. The first-order valence-electron chi connectivity index (χ1n) is 9.45. The minimum Gasteiger partial charge on any atom is -0.496 e. The third kappa shape index (κ3) is 5.00. The van der Waals surface area contributed by atoms with E-state index < -0.39 is 15.8 Å². The molecule has 34 heavy (non-hydrogen) atoms. The van der Waals surface area contributed by atoms with Crippen LogP contribution in [0.15, 0.2) is 58.5 Å². The van der Waals surface area contributed by atoms with E-state index in [1.165, 1.54) is 56.7 Å². The summed E-state index contributed by atoms with van der Waals surface area (Å²) >= 11 is 0. The molecule has 0 atom stereocenters. The lowest BCUT2D eigenvalue weighted by Crippen LogP contribution is -2.14. The van der Waals surface area contributed by atoms with Crippen molar-refractivity contribution in [2.75, 3.05) is 19.5 Å². The van der Waals surface area contributed by atoms with E-state index in [1.807, 2.05) is 0 Å². The molecular formula is C22H16N4O8. The van der Waals surface area contributed by atoms with Gasteiger partial charge >= 0.3 is 0 Å². The van der Waals surface area contributed by atoms with Gasteiger partial charge in [-0.25, -0.2) is 0 Å². The molecule has 1 aromatic heterocycles. The van der Waals surface area contributed by atoms with E-state index in [0.29, 0.717) is 11.3 Å². The summed E-state index contributed by atoms with van der Waals surface area (Å²) in [5.41, 5.74) is -0.502. The van der Waals surface area contributed by atoms with Gasteiger partial charge < -0.3 is 19.2 Å². The summed E-state index contributed by atoms with van der Waals surface area (Å²) in [5.74, 6) is -0.0425. The second kappa shape index (κ2) is 9.96. The van der Waals surface area contributed by atoms with E-state index in [0.717, 1.165) is 12.1 Å². The van der Waals surface area contributed by atoms with Gasteiger partial charge in [0.05, 0.1) is 35.3 Å². The maximum Gasteiger partial charge on any atom is 0.271 e. The van der Waals surface area contributed by atoms with Crippen LogP contribution >= 0.6 is 0 Å². The van der Waals surface area contributed by atoms with Crippen LogP contribution in [-0.4, -0.2) is 30.0 Å². The lowest BCUT2D eigenvalue weighted by atomic mass is 10.1. The Morgan fingerprint density at radius 1 is 1.00 bits per heavy atom. The molecule has 0 radical (unpaired) electrons. The average molecular weight is 464 g/mol. The smallest absolute Gasteiger partial charge is 0.271 e. The number of ether oxygens (including phenoxy) is 2. The molecule has 12 heteroatoms. The van der Waals surface area contributed by atoms with E-state index in [2.05, 4.69) is 5.32 Å². The Bertz CT molecular complexity index is 1350. The van der Waals surface area contributed by atoms with E-state index in [4.69, 9.17) is 13.9 Å². The third-order valence-electron chi connectivity index (χ3n) is 4.58. The highest BCUT2D eigenvalue weighted by Gasteiger charge is 2.18. The number of nitrogens with zero attached hydrogens (tertiary/aromatic N) is 3. The number of methoxy groups -OCH3 is 2. The van der Waals surface area contributed by atoms with Crippen LogP contribution < -0.4 is 14.8 Å². The molecule has 0 fully saturated rings. The van der Waals surface area contributed by atoms with Gasteiger partial charge in [-0.2, -0.15) is 5.26 Å². The summed E-state index contributed by atoms with van der Waals surface area (Å²) < 4.78 is 16.0. The lowest BCUT2D eigenvalue weighted by molar-refractivity contribution is -0.385. The van der Waals surface area contributed by atoms with Gasteiger partial charge in [-0.3, -0.25) is 25.0 Å². The Morgan fingerprint density at radius 2 is 1.62 bits per heavy atom. The minimum absolute atomic E-state index is 0.00400. The maximum atomic E-state index is 12.6. The third-order valence-corrected chi connectivity index (χ3v) is 4.58. The zero-order valence-corrected chi connectivity index (χ0v) is 17.8. The number of rotatable bonds is 8. The van der Waals surface area contributed by atoms with Crippen molar-refractivity contribution in [3.8, 4) is 28.9 Å². The molecule has 3 rings (SSSR count). The van der Waals surface area contributed by atoms with Crippen LogP contribution in [0, 0.1) is 31.6 Å². The van der Waals surface area contributed by atoms with Crippen molar-refractivity contribution in [1.29, 1.82) is 5.26 Å². The van der Waals surface area contributed by atoms with E-state index in [-0.39, 0.29) is 39.9 Å². The molecule has 12 nitrogen and oxygen atoms in total. The maximum absolute atomic E-state index is 12.6. The lowest BCUT2D eigenvalue weighted by Gasteiger charge is -2.09. The number of benzene rings is 2. The van der Waals surface area contributed by atoms with E-state index >= 15 is 0 Å². The monoisotopic (exact) mass is 464 g/mol. The number of nitro benzene ring substituents is 2. The highest BCUT2D eigenvalue weighted by molar-refractivity contribution is 6.10. The number of nitriles is 1. The standard InChI is InChI=1S/C22H16N4O8/c1-32-19-6-3-14(25(28)29)10-17(19)20-8-5-16(34-20)9-13(12-23)22(27)24-18-11-15(26(30)31)4-7-21(18)33-2/h3-11H,1-2H3,(H,24,27)/b13-9+. The predicted molar refractivity (Wildman–Crippen MR) is 119 cm³/mol. The molecule has 0 aliphatic heterocycles. The summed E-state index contributed by atoms with van der Waals surface area (Å²) in [6.45, 7) is 0. The molecule has 1 N–H and O–H groups in total. The van der Waals surface area contributed by atoms with Gasteiger partial charge in [-0.15, -0.1) is 0 Å². The van der Waals surface area contributed by atoms with Crippen molar-refractivity contribution < 1.29 is 28.5 Å². The van der Waals surface area contributed by atoms with Crippen molar-refractivity contribution in [1.82, 2.24) is 0 Å². The molecule has 3 aromatic rings. The topological polar surface area (TPSA) is 171 Å². The Balaban J connectivity index is 1.91. The highest BCUT2D eigenvalue weighted by atomic mass is 16.6. The molecule has 0 spiro atoms. The van der Waals surface area contributed by atoms with Gasteiger partial charge in [0, 0.05) is 30.3 Å². The first kappa shape index (κ1) is 23.5. The predicted octanol–water partition coefficient (Wildman–Crippen LogP) is 4.33. The van der Waals surface area contributed by atoms with Gasteiger partial charge in [0.2, 0.25) is 0 Å². The Morgan fingerprint density at radius 3 is 2.21 bits per heavy atom. The van der Waals surface area contributed by atoms with Crippen molar-refractivity contribution in [3.05, 3.63) is 80.1 Å². The van der Waals surface area contributed by atoms with Crippen molar-refractivity contribution in [2.45, 2.75) is 0 Å². The summed E-state index contributed by atoms with van der Waals surface area (Å²) in [4.78, 5) is 33.6. The summed E-state index contributed by atoms with van der Waals surface area (Å²) in [6.07, 6.45) is 1.16. The van der Waals surface area contributed by atoms with Crippen molar-refractivity contribution in [3.63, 3.8) is 0 Å². The van der Waals surface area contributed by atoms with Gasteiger partial charge in [-0.1, -0.05) is 0 Å². The molecule has 0 saturated carbocycles. The molecule has 172 valence electrons. The van der Waals surface area contributed by atoms with Crippen molar-refractivity contribution in [2.24, 2.45) is 0 Å². The molecule has 1 heterocycles. The summed E-state index contributed by atoms with van der Waals surface area (Å²) in [7, 11) is 2.72. The van der Waals surface area contributed by atoms with Crippen molar-refractivity contribution >= 4 is 29.0 Å². The van der Waals surface area contributed by atoms with Gasteiger partial charge in [0.15, 0.2) is 0 Å². The number of nitrogens with one attached hydrogen (secondary N) is 1. The number of carbonyl (C=O) groups is 1. The van der Waals surface area contributed by atoms with E-state index in [1.54, 1.807) is 6.07 Å². The molecule has 0 aliphatic carbocycles. The Labute approximate surface area is 191 Å². The molecule has 0 unspecified atom stereocenters. The van der Waals surface area contributed by atoms with Gasteiger partial charge in [0.25, 0.3) is 17.3 Å². The second-order valence-electron chi connectivity index (χ2n) is 6.61. The number of non-ortho nitro benzene ring substituents is 2. The quantitative estimate of drug-likeness (QED) is 0.220. The summed E-state index contributed by atoms with van der Waals surface area (Å²) in [6, 6.07) is 12.3. The number of amides is 1. The molecule has 0 bridgehead atoms. The number of hydrogen-bond donors (Lipinski definition) is 1. The first-order chi connectivity index (χ1) is 16.3. The van der Waals surface area contributed by atoms with Crippen LogP contribution in [0.2, 0.25) is 0 Å². The normalized spacial score (nSPS) is 10.8. The Hall–Kier alpha value is -5.18. The Kier molecular flexibility index (Phi) is 6.88. The van der Waals surface area contributed by atoms with E-state index in [9.17, 15) is 30.3 Å². The fraction of sp³-hybridized carbons (Fsp3) is 0.0909. The van der Waals surface area contributed by atoms with Crippen LogP contribution in [0.4, 0.5) is 17.1 Å². The number of hydrogen-bond acceptors (Lipinski definition) is 9. The molecular weight excluding hydrogens is 448 g/mol. The average Bonchev–Trinajstić information content (AvgIpc) is 3.30. The number of nitro groups is 2. The van der Waals surface area contributed by atoms with Gasteiger partial charge in [0.1, 0.15) is 34.7 Å². The first-order valence-corrected chi connectivity index (χ1v) is 9.45. The molecule has 0 aliphatic rings. The largest absolute Gasteiger partial charge is 0.496 e. The zero-order chi connectivity index (χ0) is 24.8. The number of carbonyl (C=O) groups excluding carboxylic acids is 1. The molecule has 1 amide bonds. The van der Waals surface area contributed by atoms with Crippen LogP contribution in [0.1, 0.15) is 5.76 Å². The van der Waals surface area contributed by atoms with Crippen LogP contribution in [-0.2, 0) is 4.79 Å². The second-order valence-corrected chi connectivity index (χ2v) is 6.61. The van der Waals surface area contributed by atoms with Crippen LogP contribution in [0.3, 0.4) is 0 Å². The molecule has 0 saturated heterocycles. The number of anilines is 1. The summed E-state index contributed by atoms with van der Waals surface area (Å²) in [5, 5.41) is 34.0. The SMILES string of the molecule is COc1ccc([N+](=O)[O-])cc1NC(=O)/C(C#N)=C/c1ccc(-c2cc([N+](=O)[O-])ccc2OC)o1. The highest BCUT2D eigenvalue weighted by Crippen LogP contribution is 2.35. The van der Waals surface area contributed by atoms with Crippen LogP contribution in [0.5, 0.6) is 11.5 Å². The minimum atomic E-state index is -0.854.